The van der Waals surface area contributed by atoms with Crippen molar-refractivity contribution in [2.24, 2.45) is 0 Å². The van der Waals surface area contributed by atoms with Crippen LogP contribution in [-0.2, 0) is 12.7 Å². The molecule has 2 aromatic heterocycles. The third-order valence-corrected chi connectivity index (χ3v) is 4.98. The van der Waals surface area contributed by atoms with Crippen molar-refractivity contribution in [3.05, 3.63) is 71.7 Å². The first kappa shape index (κ1) is 18.5. The molecule has 0 atom stereocenters. The van der Waals surface area contributed by atoms with Crippen LogP contribution in [0.2, 0.25) is 0 Å². The molecule has 28 heavy (non-hydrogen) atoms. The summed E-state index contributed by atoms with van der Waals surface area (Å²) in [4.78, 5) is 20.8. The van der Waals surface area contributed by atoms with Gasteiger partial charge in [0.25, 0.3) is 5.91 Å². The molecule has 1 saturated heterocycles. The van der Waals surface area contributed by atoms with Gasteiger partial charge in [0.05, 0.1) is 17.5 Å². The number of hydrogen-bond donors (Lipinski definition) is 0. The number of pyridine rings is 1. The van der Waals surface area contributed by atoms with E-state index >= 15 is 0 Å². The first-order valence-electron chi connectivity index (χ1n) is 9.02. The lowest BCUT2D eigenvalue weighted by Crippen LogP contribution is -2.48. The maximum atomic E-state index is 12.9. The zero-order chi connectivity index (χ0) is 19.7. The summed E-state index contributed by atoms with van der Waals surface area (Å²) >= 11 is 0. The van der Waals surface area contributed by atoms with Crippen LogP contribution in [0.1, 0.15) is 21.6 Å². The number of amides is 1. The van der Waals surface area contributed by atoms with Crippen LogP contribution in [0.4, 0.5) is 13.2 Å². The summed E-state index contributed by atoms with van der Waals surface area (Å²) in [5.74, 6) is -0.361. The quantitative estimate of drug-likeness (QED) is 0.691. The number of imidazole rings is 1. The van der Waals surface area contributed by atoms with Gasteiger partial charge in [-0.25, -0.2) is 4.98 Å². The molecule has 1 aliphatic rings. The van der Waals surface area contributed by atoms with Gasteiger partial charge in [0, 0.05) is 44.5 Å². The fourth-order valence-electron chi connectivity index (χ4n) is 3.45. The molecule has 0 saturated carbocycles. The highest BCUT2D eigenvalue weighted by Crippen LogP contribution is 2.29. The van der Waals surface area contributed by atoms with E-state index in [1.165, 1.54) is 12.1 Å². The average molecular weight is 388 g/mol. The minimum absolute atomic E-state index is 0.0741. The number of nitrogens with zero attached hydrogens (tertiary/aromatic N) is 4. The summed E-state index contributed by atoms with van der Waals surface area (Å²) in [5, 5.41) is 0. The van der Waals surface area contributed by atoms with Gasteiger partial charge in [-0.1, -0.05) is 12.1 Å². The van der Waals surface area contributed by atoms with E-state index in [9.17, 15) is 18.0 Å². The largest absolute Gasteiger partial charge is 0.416 e. The number of alkyl halides is 3. The molecule has 3 heterocycles. The number of halogens is 3. The molecule has 0 spiro atoms. The predicted octanol–water partition coefficient (Wildman–Crippen LogP) is 3.31. The molecule has 5 nitrogen and oxygen atoms in total. The van der Waals surface area contributed by atoms with Crippen molar-refractivity contribution < 1.29 is 18.0 Å². The molecule has 0 radical (unpaired) electrons. The number of hydrogen-bond acceptors (Lipinski definition) is 3. The molecule has 1 aliphatic heterocycles. The lowest BCUT2D eigenvalue weighted by Gasteiger charge is -2.34. The molecular weight excluding hydrogens is 369 g/mol. The van der Waals surface area contributed by atoms with E-state index in [4.69, 9.17) is 0 Å². The Bertz CT molecular complexity index is 990. The summed E-state index contributed by atoms with van der Waals surface area (Å²) in [7, 11) is 0. The van der Waals surface area contributed by atoms with Crippen molar-refractivity contribution in [2.75, 3.05) is 26.2 Å². The first-order valence-corrected chi connectivity index (χ1v) is 9.02. The van der Waals surface area contributed by atoms with Gasteiger partial charge in [-0.15, -0.1) is 0 Å². The molecule has 1 aromatic carbocycles. The number of aromatic nitrogens is 2. The zero-order valence-electron chi connectivity index (χ0n) is 15.1. The minimum Gasteiger partial charge on any atom is -0.336 e. The van der Waals surface area contributed by atoms with E-state index in [0.717, 1.165) is 23.5 Å². The Hall–Kier alpha value is -2.87. The second-order valence-corrected chi connectivity index (χ2v) is 6.83. The van der Waals surface area contributed by atoms with Gasteiger partial charge >= 0.3 is 6.18 Å². The maximum Gasteiger partial charge on any atom is 0.416 e. The predicted molar refractivity (Wildman–Crippen MR) is 97.8 cm³/mol. The van der Waals surface area contributed by atoms with Gasteiger partial charge in [-0.05, 0) is 30.3 Å². The van der Waals surface area contributed by atoms with E-state index in [1.807, 2.05) is 35.0 Å². The summed E-state index contributed by atoms with van der Waals surface area (Å²) in [5.41, 5.74) is 1.22. The topological polar surface area (TPSA) is 40.9 Å². The van der Waals surface area contributed by atoms with Gasteiger partial charge in [0.1, 0.15) is 5.65 Å². The minimum atomic E-state index is -4.46. The first-order chi connectivity index (χ1) is 13.4. The van der Waals surface area contributed by atoms with Crippen LogP contribution in [0, 0.1) is 0 Å². The number of benzene rings is 1. The van der Waals surface area contributed by atoms with Crippen molar-refractivity contribution in [3.8, 4) is 0 Å². The zero-order valence-corrected chi connectivity index (χ0v) is 15.1. The molecule has 8 heteroatoms. The average Bonchev–Trinajstić information content (AvgIpc) is 3.10. The van der Waals surface area contributed by atoms with Crippen molar-refractivity contribution >= 4 is 11.6 Å². The van der Waals surface area contributed by atoms with Crippen LogP contribution in [0.3, 0.4) is 0 Å². The Morgan fingerprint density at radius 3 is 2.57 bits per heavy atom. The smallest absolute Gasteiger partial charge is 0.336 e. The molecule has 146 valence electrons. The van der Waals surface area contributed by atoms with E-state index < -0.39 is 11.7 Å². The molecule has 3 aromatic rings. The number of fused-ring (bicyclic) bond motifs is 1. The molecule has 4 rings (SSSR count). The highest BCUT2D eigenvalue weighted by molar-refractivity contribution is 5.94. The number of piperazine rings is 1. The molecule has 0 unspecified atom stereocenters. The van der Waals surface area contributed by atoms with Gasteiger partial charge in [-0.2, -0.15) is 13.2 Å². The number of carbonyl (C=O) groups is 1. The summed E-state index contributed by atoms with van der Waals surface area (Å²) in [6.45, 7) is 2.98. The van der Waals surface area contributed by atoms with Crippen molar-refractivity contribution in [1.82, 2.24) is 19.2 Å². The lowest BCUT2D eigenvalue weighted by atomic mass is 10.1. The molecule has 0 aliphatic carbocycles. The standard InChI is InChI=1S/C20H19F3N4O/c21-20(22,23)16-5-3-4-15(12-16)19(28)26-10-8-25(9-11-26)14-17-13-24-18-6-1-2-7-27(17)18/h1-7,12-13H,8-11,14H2. The van der Waals surface area contributed by atoms with E-state index in [1.54, 1.807) is 4.90 Å². The normalized spacial score (nSPS) is 15.9. The summed E-state index contributed by atoms with van der Waals surface area (Å²) in [6.07, 6.45) is -0.649. The van der Waals surface area contributed by atoms with Crippen LogP contribution in [0.5, 0.6) is 0 Å². The van der Waals surface area contributed by atoms with E-state index in [0.29, 0.717) is 32.7 Å². The lowest BCUT2D eigenvalue weighted by molar-refractivity contribution is -0.137. The molecule has 1 amide bonds. The Morgan fingerprint density at radius 1 is 1.04 bits per heavy atom. The molecular formula is C20H19F3N4O. The highest BCUT2D eigenvalue weighted by atomic mass is 19.4. The third-order valence-electron chi connectivity index (χ3n) is 4.98. The van der Waals surface area contributed by atoms with Crippen LogP contribution in [0.15, 0.2) is 54.9 Å². The fourth-order valence-corrected chi connectivity index (χ4v) is 3.45. The number of rotatable bonds is 3. The van der Waals surface area contributed by atoms with Crippen LogP contribution < -0.4 is 0 Å². The van der Waals surface area contributed by atoms with E-state index in [-0.39, 0.29) is 11.5 Å². The molecule has 0 bridgehead atoms. The SMILES string of the molecule is O=C(c1cccc(C(F)(F)F)c1)N1CCN(Cc2cnc3ccccn23)CC1. The van der Waals surface area contributed by atoms with Crippen molar-refractivity contribution in [3.63, 3.8) is 0 Å². The molecule has 1 fully saturated rings. The maximum absolute atomic E-state index is 12.9. The Labute approximate surface area is 160 Å². The van der Waals surface area contributed by atoms with Crippen molar-refractivity contribution in [2.45, 2.75) is 12.7 Å². The van der Waals surface area contributed by atoms with Gasteiger partial charge in [-0.3, -0.25) is 9.69 Å². The Kier molecular flexibility index (Phi) is 4.80. The van der Waals surface area contributed by atoms with Crippen LogP contribution in [0.25, 0.3) is 5.65 Å². The fraction of sp³-hybridized carbons (Fsp3) is 0.300. The molecule has 0 N–H and O–H groups in total. The van der Waals surface area contributed by atoms with Crippen LogP contribution in [-0.4, -0.2) is 51.3 Å². The second-order valence-electron chi connectivity index (χ2n) is 6.83. The highest BCUT2D eigenvalue weighted by Gasteiger charge is 2.31. The van der Waals surface area contributed by atoms with Crippen molar-refractivity contribution in [1.29, 1.82) is 0 Å². The van der Waals surface area contributed by atoms with Gasteiger partial charge in [0.15, 0.2) is 0 Å². The van der Waals surface area contributed by atoms with E-state index in [2.05, 4.69) is 9.88 Å². The Morgan fingerprint density at radius 2 is 1.82 bits per heavy atom. The summed E-state index contributed by atoms with van der Waals surface area (Å²) < 4.78 is 40.7. The summed E-state index contributed by atoms with van der Waals surface area (Å²) in [6, 6.07) is 10.4. The van der Waals surface area contributed by atoms with Crippen LogP contribution >= 0.6 is 0 Å². The third kappa shape index (κ3) is 3.73. The monoisotopic (exact) mass is 388 g/mol. The van der Waals surface area contributed by atoms with Gasteiger partial charge < -0.3 is 9.30 Å². The van der Waals surface area contributed by atoms with Gasteiger partial charge in [0.2, 0.25) is 0 Å². The Balaban J connectivity index is 1.39. The second kappa shape index (κ2) is 7.27. The number of carbonyl (C=O) groups excluding carboxylic acids is 1.